The average molecular weight is 247 g/mol. The van der Waals surface area contributed by atoms with Crippen LogP contribution < -0.4 is 11.1 Å². The van der Waals surface area contributed by atoms with Crippen molar-refractivity contribution in [2.45, 2.75) is 45.1 Å². The van der Waals surface area contributed by atoms with E-state index in [0.29, 0.717) is 11.7 Å². The summed E-state index contributed by atoms with van der Waals surface area (Å²) in [5.41, 5.74) is 6.47. The number of aromatic nitrogens is 1. The van der Waals surface area contributed by atoms with Crippen LogP contribution >= 0.6 is 0 Å². The van der Waals surface area contributed by atoms with Crippen molar-refractivity contribution < 1.29 is 4.79 Å². The van der Waals surface area contributed by atoms with Gasteiger partial charge in [-0.1, -0.05) is 19.3 Å². The van der Waals surface area contributed by atoms with E-state index in [1.807, 2.05) is 6.07 Å². The van der Waals surface area contributed by atoms with E-state index >= 15 is 0 Å². The van der Waals surface area contributed by atoms with Crippen LogP contribution in [0.25, 0.3) is 0 Å². The minimum Gasteiger partial charge on any atom is -0.382 e. The molecule has 1 aromatic heterocycles. The van der Waals surface area contributed by atoms with Crippen molar-refractivity contribution in [3.63, 3.8) is 0 Å². The van der Waals surface area contributed by atoms with Gasteiger partial charge in [0.15, 0.2) is 0 Å². The second kappa shape index (κ2) is 5.85. The number of nitrogens with one attached hydrogen (secondary N) is 1. The van der Waals surface area contributed by atoms with Gasteiger partial charge in [-0.2, -0.15) is 0 Å². The Bertz CT molecular complexity index is 413. The number of hydrogen-bond donors (Lipinski definition) is 2. The van der Waals surface area contributed by atoms with Crippen LogP contribution in [0.5, 0.6) is 0 Å². The zero-order valence-corrected chi connectivity index (χ0v) is 10.9. The van der Waals surface area contributed by atoms with Crippen molar-refractivity contribution in [2.24, 2.45) is 11.7 Å². The maximum atomic E-state index is 11.1. The number of carbonyl (C=O) groups is 1. The molecule has 2 rings (SSSR count). The quantitative estimate of drug-likeness (QED) is 0.859. The van der Waals surface area contributed by atoms with Gasteiger partial charge in [0.05, 0.1) is 0 Å². The summed E-state index contributed by atoms with van der Waals surface area (Å²) in [5, 5.41) is 3.46. The number of nitrogens with two attached hydrogens (primary N) is 1. The Morgan fingerprint density at radius 2 is 2.17 bits per heavy atom. The SMILES string of the molecule is CC(Nc1ccnc(C(N)=O)c1)C1CCCCC1. The molecule has 98 valence electrons. The lowest BCUT2D eigenvalue weighted by atomic mass is 9.84. The first-order chi connectivity index (χ1) is 8.66. The summed E-state index contributed by atoms with van der Waals surface area (Å²) in [7, 11) is 0. The largest absolute Gasteiger partial charge is 0.382 e. The molecule has 0 aromatic carbocycles. The average Bonchev–Trinajstić information content (AvgIpc) is 2.40. The normalized spacial score (nSPS) is 18.3. The molecule has 1 amide bonds. The zero-order valence-electron chi connectivity index (χ0n) is 10.9. The minimum atomic E-state index is -0.482. The number of carbonyl (C=O) groups excluding carboxylic acids is 1. The zero-order chi connectivity index (χ0) is 13.0. The van der Waals surface area contributed by atoms with Crippen molar-refractivity contribution in [1.82, 2.24) is 4.98 Å². The molecule has 0 radical (unpaired) electrons. The first-order valence-electron chi connectivity index (χ1n) is 6.69. The highest BCUT2D eigenvalue weighted by Gasteiger charge is 2.19. The Balaban J connectivity index is 1.99. The van der Waals surface area contributed by atoms with Gasteiger partial charge in [-0.3, -0.25) is 9.78 Å². The monoisotopic (exact) mass is 247 g/mol. The summed E-state index contributed by atoms with van der Waals surface area (Å²) >= 11 is 0. The summed E-state index contributed by atoms with van der Waals surface area (Å²) in [6.45, 7) is 2.21. The van der Waals surface area contributed by atoms with E-state index in [-0.39, 0.29) is 0 Å². The fourth-order valence-corrected chi connectivity index (χ4v) is 2.67. The smallest absolute Gasteiger partial charge is 0.267 e. The number of nitrogens with zero attached hydrogens (tertiary/aromatic N) is 1. The molecule has 0 spiro atoms. The van der Waals surface area contributed by atoms with Crippen molar-refractivity contribution in [2.75, 3.05) is 5.32 Å². The number of anilines is 1. The number of hydrogen-bond acceptors (Lipinski definition) is 3. The molecule has 1 aromatic rings. The molecule has 0 bridgehead atoms. The molecule has 1 aliphatic rings. The first-order valence-corrected chi connectivity index (χ1v) is 6.69. The molecule has 0 aliphatic heterocycles. The molecule has 1 atom stereocenters. The topological polar surface area (TPSA) is 68.0 Å². The molecule has 1 saturated carbocycles. The van der Waals surface area contributed by atoms with E-state index < -0.39 is 5.91 Å². The van der Waals surface area contributed by atoms with E-state index in [4.69, 9.17) is 5.73 Å². The maximum Gasteiger partial charge on any atom is 0.267 e. The van der Waals surface area contributed by atoms with Crippen LogP contribution in [-0.2, 0) is 0 Å². The Labute approximate surface area is 108 Å². The Morgan fingerprint density at radius 1 is 1.44 bits per heavy atom. The molecule has 1 fully saturated rings. The lowest BCUT2D eigenvalue weighted by Crippen LogP contribution is -2.27. The van der Waals surface area contributed by atoms with E-state index in [0.717, 1.165) is 11.6 Å². The van der Waals surface area contributed by atoms with Crippen LogP contribution in [0.15, 0.2) is 18.3 Å². The van der Waals surface area contributed by atoms with Crippen molar-refractivity contribution in [3.8, 4) is 0 Å². The first kappa shape index (κ1) is 12.9. The highest BCUT2D eigenvalue weighted by Crippen LogP contribution is 2.28. The van der Waals surface area contributed by atoms with Gasteiger partial charge in [-0.15, -0.1) is 0 Å². The minimum absolute atomic E-state index is 0.316. The Morgan fingerprint density at radius 3 is 2.83 bits per heavy atom. The fraction of sp³-hybridized carbons (Fsp3) is 0.571. The van der Waals surface area contributed by atoms with Gasteiger partial charge in [0, 0.05) is 17.9 Å². The third-order valence-corrected chi connectivity index (χ3v) is 3.76. The highest BCUT2D eigenvalue weighted by molar-refractivity contribution is 5.91. The van der Waals surface area contributed by atoms with Gasteiger partial charge >= 0.3 is 0 Å². The molecule has 18 heavy (non-hydrogen) atoms. The van der Waals surface area contributed by atoms with E-state index in [1.54, 1.807) is 12.3 Å². The number of amides is 1. The fourth-order valence-electron chi connectivity index (χ4n) is 2.67. The molecule has 1 aliphatic carbocycles. The maximum absolute atomic E-state index is 11.1. The van der Waals surface area contributed by atoms with Crippen molar-refractivity contribution in [1.29, 1.82) is 0 Å². The summed E-state index contributed by atoms with van der Waals surface area (Å²) < 4.78 is 0. The highest BCUT2D eigenvalue weighted by atomic mass is 16.1. The van der Waals surface area contributed by atoms with Crippen LogP contribution in [0.4, 0.5) is 5.69 Å². The molecular weight excluding hydrogens is 226 g/mol. The number of primary amides is 1. The van der Waals surface area contributed by atoms with E-state index in [9.17, 15) is 4.79 Å². The van der Waals surface area contributed by atoms with Gasteiger partial charge in [-0.05, 0) is 37.8 Å². The van der Waals surface area contributed by atoms with Gasteiger partial charge in [0.25, 0.3) is 5.91 Å². The lowest BCUT2D eigenvalue weighted by Gasteiger charge is -2.29. The predicted molar refractivity (Wildman–Crippen MR) is 72.4 cm³/mol. The second-order valence-electron chi connectivity index (χ2n) is 5.13. The Hall–Kier alpha value is -1.58. The molecule has 1 heterocycles. The van der Waals surface area contributed by atoms with Gasteiger partial charge in [0.1, 0.15) is 5.69 Å². The van der Waals surface area contributed by atoms with Crippen molar-refractivity contribution in [3.05, 3.63) is 24.0 Å². The lowest BCUT2D eigenvalue weighted by molar-refractivity contribution is 0.0995. The molecule has 1 unspecified atom stereocenters. The van der Waals surface area contributed by atoms with Crippen LogP contribution in [0.3, 0.4) is 0 Å². The van der Waals surface area contributed by atoms with Crippen molar-refractivity contribution >= 4 is 11.6 Å². The van der Waals surface area contributed by atoms with Gasteiger partial charge in [0.2, 0.25) is 0 Å². The molecule has 4 nitrogen and oxygen atoms in total. The van der Waals surface area contributed by atoms with Crippen LogP contribution in [0.1, 0.15) is 49.5 Å². The Kier molecular flexibility index (Phi) is 4.18. The predicted octanol–water partition coefficient (Wildman–Crippen LogP) is 2.56. The van der Waals surface area contributed by atoms with Crippen LogP contribution in [-0.4, -0.2) is 16.9 Å². The number of pyridine rings is 1. The van der Waals surface area contributed by atoms with Crippen LogP contribution in [0.2, 0.25) is 0 Å². The standard InChI is InChI=1S/C14H21N3O/c1-10(11-5-3-2-4-6-11)17-12-7-8-16-13(9-12)14(15)18/h7-11H,2-6H2,1H3,(H2,15,18)(H,16,17). The third kappa shape index (κ3) is 3.22. The molecule has 4 heteroatoms. The van der Waals surface area contributed by atoms with Gasteiger partial charge in [-0.25, -0.2) is 0 Å². The second-order valence-corrected chi connectivity index (χ2v) is 5.13. The summed E-state index contributed by atoms with van der Waals surface area (Å²) in [6, 6.07) is 4.03. The summed E-state index contributed by atoms with van der Waals surface area (Å²) in [6.07, 6.45) is 8.24. The molecular formula is C14H21N3O. The summed E-state index contributed by atoms with van der Waals surface area (Å²) in [4.78, 5) is 15.0. The summed E-state index contributed by atoms with van der Waals surface area (Å²) in [5.74, 6) is 0.243. The third-order valence-electron chi connectivity index (χ3n) is 3.76. The number of rotatable bonds is 4. The molecule has 0 saturated heterocycles. The van der Waals surface area contributed by atoms with Crippen LogP contribution in [0, 0.1) is 5.92 Å². The van der Waals surface area contributed by atoms with Gasteiger partial charge < -0.3 is 11.1 Å². The van der Waals surface area contributed by atoms with E-state index in [2.05, 4.69) is 17.2 Å². The van der Waals surface area contributed by atoms with E-state index in [1.165, 1.54) is 32.1 Å². The molecule has 3 N–H and O–H groups in total.